The van der Waals surface area contributed by atoms with E-state index in [0.29, 0.717) is 17.6 Å². The van der Waals surface area contributed by atoms with E-state index in [0.717, 1.165) is 5.57 Å². The van der Waals surface area contributed by atoms with E-state index >= 15 is 0 Å². The lowest BCUT2D eigenvalue weighted by atomic mass is 9.76. The van der Waals surface area contributed by atoms with Crippen LogP contribution in [-0.4, -0.2) is 40.3 Å². The van der Waals surface area contributed by atoms with Gasteiger partial charge in [0, 0.05) is 11.5 Å². The van der Waals surface area contributed by atoms with Crippen molar-refractivity contribution in [1.29, 1.82) is 0 Å². The first-order valence-corrected chi connectivity index (χ1v) is 8.51. The van der Waals surface area contributed by atoms with Crippen LogP contribution in [0.4, 0.5) is 0 Å². The summed E-state index contributed by atoms with van der Waals surface area (Å²) >= 11 is 0. The summed E-state index contributed by atoms with van der Waals surface area (Å²) in [5, 5.41) is 11.4. The molecule has 1 aliphatic heterocycles. The van der Waals surface area contributed by atoms with Crippen molar-refractivity contribution in [2.75, 3.05) is 0 Å². The Morgan fingerprint density at radius 2 is 1.92 bits per heavy atom. The summed E-state index contributed by atoms with van der Waals surface area (Å²) < 4.78 is 11.8. The number of ether oxygens (including phenoxy) is 2. The Bertz CT molecular complexity index is 666. The highest BCUT2D eigenvalue weighted by Gasteiger charge is 2.62. The van der Waals surface area contributed by atoms with Crippen LogP contribution in [0.5, 0.6) is 0 Å². The van der Waals surface area contributed by atoms with Gasteiger partial charge in [-0.3, -0.25) is 9.59 Å². The van der Waals surface area contributed by atoms with Crippen LogP contribution in [0.1, 0.15) is 48.0 Å². The molecule has 0 unspecified atom stereocenters. The number of fused-ring (bicyclic) bond motifs is 3. The summed E-state index contributed by atoms with van der Waals surface area (Å²) in [6.07, 6.45) is 0.878. The van der Waals surface area contributed by atoms with Crippen molar-refractivity contribution in [3.8, 4) is 0 Å². The molecular formula is C19H26O5. The fourth-order valence-corrected chi connectivity index (χ4v) is 4.39. The maximum absolute atomic E-state index is 12.5. The van der Waals surface area contributed by atoms with Crippen molar-refractivity contribution in [1.82, 2.24) is 0 Å². The molecular weight excluding hydrogens is 308 g/mol. The van der Waals surface area contributed by atoms with Crippen LogP contribution in [0.3, 0.4) is 0 Å². The zero-order valence-corrected chi connectivity index (χ0v) is 15.2. The lowest BCUT2D eigenvalue weighted by Crippen LogP contribution is -2.50. The summed E-state index contributed by atoms with van der Waals surface area (Å²) in [6.45, 7) is 11.3. The molecule has 3 rings (SSSR count). The Labute approximate surface area is 142 Å². The summed E-state index contributed by atoms with van der Waals surface area (Å²) in [7, 11) is 0. The topological polar surface area (TPSA) is 72.8 Å². The molecule has 5 heteroatoms. The molecule has 0 aromatic carbocycles. The maximum atomic E-state index is 12.5. The normalized spacial score (nSPS) is 39.4. The Hall–Kier alpha value is -1.46. The van der Waals surface area contributed by atoms with Gasteiger partial charge >= 0.3 is 5.97 Å². The molecule has 5 nitrogen and oxygen atoms in total. The van der Waals surface area contributed by atoms with Gasteiger partial charge in [-0.05, 0) is 52.7 Å². The van der Waals surface area contributed by atoms with E-state index in [1.807, 2.05) is 34.6 Å². The van der Waals surface area contributed by atoms with Gasteiger partial charge in [-0.2, -0.15) is 0 Å². The highest BCUT2D eigenvalue weighted by atomic mass is 16.6. The molecule has 132 valence electrons. The average Bonchev–Trinajstić information content (AvgIpc) is 2.80. The molecule has 0 aromatic rings. The Morgan fingerprint density at radius 1 is 1.29 bits per heavy atom. The van der Waals surface area contributed by atoms with Crippen LogP contribution < -0.4 is 0 Å². The van der Waals surface area contributed by atoms with Gasteiger partial charge in [0.2, 0.25) is 0 Å². The van der Waals surface area contributed by atoms with Crippen molar-refractivity contribution >= 4 is 11.8 Å². The van der Waals surface area contributed by atoms with Gasteiger partial charge < -0.3 is 14.6 Å². The summed E-state index contributed by atoms with van der Waals surface area (Å²) in [5.74, 6) is -1.23. The number of rotatable bonds is 1. The van der Waals surface area contributed by atoms with Crippen molar-refractivity contribution in [2.24, 2.45) is 11.8 Å². The predicted octanol–water partition coefficient (Wildman–Crippen LogP) is 2.33. The van der Waals surface area contributed by atoms with E-state index in [4.69, 9.17) is 9.47 Å². The molecule has 0 spiro atoms. The summed E-state index contributed by atoms with van der Waals surface area (Å²) in [6, 6.07) is 0. The molecule has 0 amide bonds. The molecule has 1 N–H and O–H groups in total. The van der Waals surface area contributed by atoms with E-state index in [9.17, 15) is 14.7 Å². The smallest absolute Gasteiger partial charge is 0.309 e. The molecule has 5 atom stereocenters. The fourth-order valence-electron chi connectivity index (χ4n) is 4.39. The second-order valence-electron chi connectivity index (χ2n) is 8.31. The quantitative estimate of drug-likeness (QED) is 0.745. The average molecular weight is 334 g/mol. The van der Waals surface area contributed by atoms with Gasteiger partial charge in [-0.1, -0.05) is 12.5 Å². The van der Waals surface area contributed by atoms with Gasteiger partial charge in [0.25, 0.3) is 0 Å². The number of hydrogen-bond donors (Lipinski definition) is 1. The minimum absolute atomic E-state index is 0.196. The third-order valence-electron chi connectivity index (χ3n) is 5.40. The Morgan fingerprint density at radius 3 is 2.50 bits per heavy atom. The van der Waals surface area contributed by atoms with Crippen molar-refractivity contribution in [3.63, 3.8) is 0 Å². The number of allylic oxidation sites excluding steroid dienone is 1. The minimum atomic E-state index is -1.54. The molecule has 0 bridgehead atoms. The number of aliphatic hydroxyl groups is 1. The summed E-state index contributed by atoms with van der Waals surface area (Å²) in [4.78, 5) is 24.7. The largest absolute Gasteiger partial charge is 0.458 e. The van der Waals surface area contributed by atoms with Crippen LogP contribution in [0.2, 0.25) is 0 Å². The molecule has 1 fully saturated rings. The lowest BCUT2D eigenvalue weighted by Gasteiger charge is -2.37. The standard InChI is InChI=1S/C19H26O5/c1-9-7-13(24-18(4,5)6)14-11(3)17(21)23-16(14)19(22)10(2)8-12(20)15(9)19/h8,11,13-14,16,22H,7H2,1-6H3/t11-,13-,14+,16-,19+/m0/s1. The van der Waals surface area contributed by atoms with Crippen molar-refractivity contribution < 1.29 is 24.2 Å². The molecule has 24 heavy (non-hydrogen) atoms. The van der Waals surface area contributed by atoms with Gasteiger partial charge in [0.1, 0.15) is 6.10 Å². The fraction of sp³-hybridized carbons (Fsp3) is 0.684. The molecule has 1 saturated heterocycles. The predicted molar refractivity (Wildman–Crippen MR) is 88.2 cm³/mol. The maximum Gasteiger partial charge on any atom is 0.309 e. The monoisotopic (exact) mass is 334 g/mol. The van der Waals surface area contributed by atoms with Crippen LogP contribution in [0, 0.1) is 11.8 Å². The molecule has 0 aromatic heterocycles. The number of esters is 1. The zero-order chi connectivity index (χ0) is 18.0. The molecule has 3 aliphatic rings. The highest BCUT2D eigenvalue weighted by molar-refractivity contribution is 6.11. The first-order valence-electron chi connectivity index (χ1n) is 8.51. The third-order valence-corrected chi connectivity index (χ3v) is 5.40. The van der Waals surface area contributed by atoms with Gasteiger partial charge in [0.15, 0.2) is 11.4 Å². The van der Waals surface area contributed by atoms with E-state index in [1.165, 1.54) is 6.08 Å². The second kappa shape index (κ2) is 5.27. The van der Waals surface area contributed by atoms with Gasteiger partial charge in [-0.15, -0.1) is 0 Å². The third kappa shape index (κ3) is 2.37. The van der Waals surface area contributed by atoms with Crippen LogP contribution >= 0.6 is 0 Å². The Balaban J connectivity index is 2.15. The van der Waals surface area contributed by atoms with E-state index < -0.39 is 17.3 Å². The van der Waals surface area contributed by atoms with E-state index in [-0.39, 0.29) is 29.7 Å². The van der Waals surface area contributed by atoms with Gasteiger partial charge in [0.05, 0.1) is 17.6 Å². The van der Waals surface area contributed by atoms with Crippen LogP contribution in [0.25, 0.3) is 0 Å². The molecule has 0 saturated carbocycles. The lowest BCUT2D eigenvalue weighted by molar-refractivity contribution is -0.152. The van der Waals surface area contributed by atoms with Crippen LogP contribution in [-0.2, 0) is 19.1 Å². The number of carbonyl (C=O) groups is 2. The van der Waals surface area contributed by atoms with Crippen LogP contribution in [0.15, 0.2) is 22.8 Å². The van der Waals surface area contributed by atoms with E-state index in [1.54, 1.807) is 6.92 Å². The number of ketones is 1. The number of hydrogen-bond acceptors (Lipinski definition) is 5. The highest BCUT2D eigenvalue weighted by Crippen LogP contribution is 2.51. The molecule has 0 radical (unpaired) electrons. The minimum Gasteiger partial charge on any atom is -0.458 e. The SMILES string of the molecule is CC1=CC(=O)C2=C(C)C[C@H](OC(C)(C)C)[C@H]3[C@H](C)C(=O)O[C@@H]3[C@@]12O. The van der Waals surface area contributed by atoms with Gasteiger partial charge in [-0.25, -0.2) is 0 Å². The van der Waals surface area contributed by atoms with Crippen molar-refractivity contribution in [3.05, 3.63) is 22.8 Å². The summed E-state index contributed by atoms with van der Waals surface area (Å²) in [5.41, 5.74) is -0.236. The van der Waals surface area contributed by atoms with Crippen molar-refractivity contribution in [2.45, 2.75) is 71.4 Å². The molecule has 1 heterocycles. The zero-order valence-electron chi connectivity index (χ0n) is 15.2. The first-order chi connectivity index (χ1) is 11.0. The second-order valence-corrected chi connectivity index (χ2v) is 8.31. The number of carbonyl (C=O) groups excluding carboxylic acids is 2. The first kappa shape index (κ1) is 17.4. The molecule has 2 aliphatic carbocycles. The Kier molecular flexibility index (Phi) is 3.81. The van der Waals surface area contributed by atoms with E-state index in [2.05, 4.69) is 0 Å².